The molecule has 15 heavy (non-hydrogen) atoms. The summed E-state index contributed by atoms with van der Waals surface area (Å²) in [7, 11) is -1.26. The zero-order valence-corrected chi connectivity index (χ0v) is 11.5. The molecular weight excluding hydrogens is 236 g/mol. The summed E-state index contributed by atoms with van der Waals surface area (Å²) < 4.78 is 25.4. The molecule has 94 valence electrons. The lowest BCUT2D eigenvalue weighted by Crippen LogP contribution is -2.38. The van der Waals surface area contributed by atoms with Crippen LogP contribution in [0.3, 0.4) is 0 Å². The summed E-state index contributed by atoms with van der Waals surface area (Å²) >= 11 is 0. The van der Waals surface area contributed by atoms with Gasteiger partial charge in [0.15, 0.2) is 0 Å². The van der Waals surface area contributed by atoms with Crippen LogP contribution in [0.2, 0.25) is 0 Å². The maximum Gasteiger partial charge on any atom is 0.211 e. The SMILES string of the molecule is CNC(C)CNS(=O)(=O)CCC(C)C.Cl. The first kappa shape index (κ1) is 17.6. The second-order valence-electron chi connectivity index (χ2n) is 4.04. The van der Waals surface area contributed by atoms with Gasteiger partial charge in [-0.2, -0.15) is 0 Å². The van der Waals surface area contributed by atoms with Gasteiger partial charge in [0.25, 0.3) is 0 Å². The smallest absolute Gasteiger partial charge is 0.211 e. The van der Waals surface area contributed by atoms with Crippen molar-refractivity contribution in [1.82, 2.24) is 10.0 Å². The van der Waals surface area contributed by atoms with Gasteiger partial charge in [0.2, 0.25) is 10.0 Å². The molecule has 0 aliphatic carbocycles. The third kappa shape index (κ3) is 10.4. The molecule has 0 radical (unpaired) electrons. The van der Waals surface area contributed by atoms with Crippen LogP contribution in [0.1, 0.15) is 27.2 Å². The average molecular weight is 259 g/mol. The van der Waals surface area contributed by atoms with E-state index in [1.54, 1.807) is 0 Å². The Labute approximate surface area is 99.7 Å². The molecule has 1 atom stereocenters. The molecule has 0 aliphatic heterocycles. The van der Waals surface area contributed by atoms with E-state index in [0.29, 0.717) is 18.9 Å². The molecule has 0 aromatic rings. The summed E-state index contributed by atoms with van der Waals surface area (Å²) in [6.45, 7) is 6.43. The molecule has 0 fully saturated rings. The minimum Gasteiger partial charge on any atom is -0.316 e. The predicted molar refractivity (Wildman–Crippen MR) is 67.0 cm³/mol. The van der Waals surface area contributed by atoms with Crippen molar-refractivity contribution in [2.45, 2.75) is 33.2 Å². The van der Waals surface area contributed by atoms with Crippen molar-refractivity contribution in [3.05, 3.63) is 0 Å². The van der Waals surface area contributed by atoms with Crippen LogP contribution in [0.5, 0.6) is 0 Å². The molecular formula is C9H23ClN2O2S. The van der Waals surface area contributed by atoms with Crippen molar-refractivity contribution in [3.63, 3.8) is 0 Å². The van der Waals surface area contributed by atoms with Gasteiger partial charge in [-0.15, -0.1) is 12.4 Å². The van der Waals surface area contributed by atoms with E-state index in [0.717, 1.165) is 0 Å². The molecule has 0 amide bonds. The summed E-state index contributed by atoms with van der Waals surface area (Å²) in [6.07, 6.45) is 0.712. The Morgan fingerprint density at radius 3 is 2.13 bits per heavy atom. The van der Waals surface area contributed by atoms with Gasteiger partial charge in [-0.25, -0.2) is 13.1 Å². The van der Waals surface area contributed by atoms with E-state index < -0.39 is 10.0 Å². The highest BCUT2D eigenvalue weighted by Gasteiger charge is 2.11. The first-order valence-corrected chi connectivity index (χ1v) is 6.67. The maximum atomic E-state index is 11.4. The van der Waals surface area contributed by atoms with Gasteiger partial charge in [-0.05, 0) is 26.3 Å². The van der Waals surface area contributed by atoms with Crippen LogP contribution in [0.15, 0.2) is 0 Å². The molecule has 0 heterocycles. The molecule has 0 rings (SSSR count). The van der Waals surface area contributed by atoms with Crippen LogP contribution in [0.4, 0.5) is 0 Å². The number of nitrogens with one attached hydrogen (secondary N) is 2. The van der Waals surface area contributed by atoms with Crippen LogP contribution >= 0.6 is 12.4 Å². The molecule has 0 saturated carbocycles. The standard InChI is InChI=1S/C9H22N2O2S.ClH/c1-8(2)5-6-14(12,13)11-7-9(3)10-4;/h8-11H,5-7H2,1-4H3;1H. The molecule has 0 aliphatic rings. The quantitative estimate of drug-likeness (QED) is 0.716. The van der Waals surface area contributed by atoms with Crippen LogP contribution in [0, 0.1) is 5.92 Å². The van der Waals surface area contributed by atoms with Gasteiger partial charge in [-0.3, -0.25) is 0 Å². The Morgan fingerprint density at radius 1 is 1.20 bits per heavy atom. The van der Waals surface area contributed by atoms with Crippen LogP contribution in [-0.2, 0) is 10.0 Å². The molecule has 0 aromatic heterocycles. The Bertz CT molecular complexity index is 242. The first-order chi connectivity index (χ1) is 6.37. The van der Waals surface area contributed by atoms with Gasteiger partial charge >= 0.3 is 0 Å². The lowest BCUT2D eigenvalue weighted by molar-refractivity contribution is 0.543. The van der Waals surface area contributed by atoms with Gasteiger partial charge in [0.05, 0.1) is 5.75 Å². The number of likely N-dealkylation sites (N-methyl/N-ethyl adjacent to an activating group) is 1. The Hall–Kier alpha value is 0.160. The maximum absolute atomic E-state index is 11.4. The molecule has 1 unspecified atom stereocenters. The molecule has 4 nitrogen and oxygen atoms in total. The van der Waals surface area contributed by atoms with Crippen molar-refractivity contribution in [1.29, 1.82) is 0 Å². The van der Waals surface area contributed by atoms with E-state index in [1.807, 2.05) is 27.8 Å². The number of sulfonamides is 1. The van der Waals surface area contributed by atoms with Crippen molar-refractivity contribution in [3.8, 4) is 0 Å². The van der Waals surface area contributed by atoms with Gasteiger partial charge < -0.3 is 5.32 Å². The third-order valence-corrected chi connectivity index (χ3v) is 3.45. The lowest BCUT2D eigenvalue weighted by atomic mass is 10.2. The highest BCUT2D eigenvalue weighted by Crippen LogP contribution is 2.01. The summed E-state index contributed by atoms with van der Waals surface area (Å²) in [4.78, 5) is 0. The largest absolute Gasteiger partial charge is 0.316 e. The molecule has 6 heteroatoms. The second kappa shape index (κ2) is 8.33. The fourth-order valence-corrected chi connectivity index (χ4v) is 2.25. The van der Waals surface area contributed by atoms with Gasteiger partial charge in [0, 0.05) is 12.6 Å². The van der Waals surface area contributed by atoms with E-state index >= 15 is 0 Å². The monoisotopic (exact) mass is 258 g/mol. The number of hydrogen-bond donors (Lipinski definition) is 2. The Kier molecular flexibility index (Phi) is 9.74. The minimum absolute atomic E-state index is 0. The topological polar surface area (TPSA) is 58.2 Å². The molecule has 0 aromatic carbocycles. The average Bonchev–Trinajstić information content (AvgIpc) is 2.11. The molecule has 0 saturated heterocycles. The predicted octanol–water partition coefficient (Wildman–Crippen LogP) is 0.982. The zero-order chi connectivity index (χ0) is 11.2. The number of halogens is 1. The third-order valence-electron chi connectivity index (χ3n) is 2.07. The van der Waals surface area contributed by atoms with Crippen molar-refractivity contribution in [2.75, 3.05) is 19.3 Å². The second-order valence-corrected chi connectivity index (χ2v) is 5.97. The van der Waals surface area contributed by atoms with Crippen LogP contribution < -0.4 is 10.0 Å². The van der Waals surface area contributed by atoms with E-state index in [9.17, 15) is 8.42 Å². The minimum atomic E-state index is -3.07. The fourth-order valence-electron chi connectivity index (χ4n) is 0.817. The van der Waals surface area contributed by atoms with Crippen LogP contribution in [0.25, 0.3) is 0 Å². The summed E-state index contributed by atoms with van der Waals surface area (Å²) in [6, 6.07) is 0.170. The van der Waals surface area contributed by atoms with Gasteiger partial charge in [-0.1, -0.05) is 13.8 Å². The zero-order valence-electron chi connectivity index (χ0n) is 9.91. The van der Waals surface area contributed by atoms with Crippen LogP contribution in [-0.4, -0.2) is 33.8 Å². The lowest BCUT2D eigenvalue weighted by Gasteiger charge is -2.12. The van der Waals surface area contributed by atoms with E-state index in [4.69, 9.17) is 0 Å². The van der Waals surface area contributed by atoms with E-state index in [-0.39, 0.29) is 24.2 Å². The molecule has 2 N–H and O–H groups in total. The number of rotatable bonds is 7. The number of hydrogen-bond acceptors (Lipinski definition) is 3. The first-order valence-electron chi connectivity index (χ1n) is 5.02. The Morgan fingerprint density at radius 2 is 1.73 bits per heavy atom. The van der Waals surface area contributed by atoms with Crippen molar-refractivity contribution in [2.24, 2.45) is 5.92 Å². The van der Waals surface area contributed by atoms with Crippen molar-refractivity contribution >= 4 is 22.4 Å². The van der Waals surface area contributed by atoms with E-state index in [2.05, 4.69) is 10.0 Å². The summed E-state index contributed by atoms with van der Waals surface area (Å²) in [5.74, 6) is 0.648. The highest BCUT2D eigenvalue weighted by atomic mass is 35.5. The highest BCUT2D eigenvalue weighted by molar-refractivity contribution is 7.89. The van der Waals surface area contributed by atoms with Gasteiger partial charge in [0.1, 0.15) is 0 Å². The molecule has 0 spiro atoms. The molecule has 0 bridgehead atoms. The normalized spacial score (nSPS) is 13.7. The Balaban J connectivity index is 0. The summed E-state index contributed by atoms with van der Waals surface area (Å²) in [5, 5.41) is 2.98. The van der Waals surface area contributed by atoms with Crippen molar-refractivity contribution < 1.29 is 8.42 Å². The fraction of sp³-hybridized carbons (Fsp3) is 1.00. The van der Waals surface area contributed by atoms with E-state index in [1.165, 1.54) is 0 Å². The summed E-state index contributed by atoms with van der Waals surface area (Å²) in [5.41, 5.74) is 0.